The molecule has 30 heavy (non-hydrogen) atoms. The zero-order valence-corrected chi connectivity index (χ0v) is 17.2. The van der Waals surface area contributed by atoms with Crippen LogP contribution in [0.2, 0.25) is 0 Å². The van der Waals surface area contributed by atoms with Crippen LogP contribution in [0.5, 0.6) is 0 Å². The Kier molecular flexibility index (Phi) is 6.37. The molecular weight excluding hydrogens is 415 g/mol. The lowest BCUT2D eigenvalue weighted by atomic mass is 10.0. The summed E-state index contributed by atoms with van der Waals surface area (Å²) in [5, 5.41) is 2.58. The van der Waals surface area contributed by atoms with Crippen LogP contribution in [0.3, 0.4) is 0 Å². The van der Waals surface area contributed by atoms with Crippen LogP contribution in [0.25, 0.3) is 11.1 Å². The van der Waals surface area contributed by atoms with E-state index in [9.17, 15) is 22.4 Å². The third kappa shape index (κ3) is 5.55. The maximum atomic E-state index is 14.7. The molecule has 160 valence electrons. The number of ether oxygens (including phenoxy) is 1. The fourth-order valence-corrected chi connectivity index (χ4v) is 3.31. The Bertz CT molecular complexity index is 1060. The lowest BCUT2D eigenvalue weighted by Crippen LogP contribution is -2.33. The molecule has 0 radical (unpaired) electrons. The molecule has 0 unspecified atom stereocenters. The van der Waals surface area contributed by atoms with Crippen LogP contribution in [-0.2, 0) is 30.4 Å². The van der Waals surface area contributed by atoms with Gasteiger partial charge in [0.2, 0.25) is 5.91 Å². The third-order valence-electron chi connectivity index (χ3n) is 4.42. The van der Waals surface area contributed by atoms with Crippen LogP contribution in [0.15, 0.2) is 42.5 Å². The first-order chi connectivity index (χ1) is 14.1. The molecule has 3 rings (SSSR count). The lowest BCUT2D eigenvalue weighted by molar-refractivity contribution is -0.119. The van der Waals surface area contributed by atoms with Gasteiger partial charge in [0.25, 0.3) is 10.1 Å². The number of carbonyl (C=O) groups excluding carboxylic acids is 2. The van der Waals surface area contributed by atoms with Crippen molar-refractivity contribution < 1.29 is 31.3 Å². The van der Waals surface area contributed by atoms with Gasteiger partial charge in [0.05, 0.1) is 31.6 Å². The van der Waals surface area contributed by atoms with Crippen LogP contribution in [-0.4, -0.2) is 45.9 Å². The van der Waals surface area contributed by atoms with Gasteiger partial charge in [-0.25, -0.2) is 9.18 Å². The van der Waals surface area contributed by atoms with Gasteiger partial charge in [-0.3, -0.25) is 13.9 Å². The van der Waals surface area contributed by atoms with Gasteiger partial charge in [-0.1, -0.05) is 24.3 Å². The van der Waals surface area contributed by atoms with Crippen LogP contribution >= 0.6 is 0 Å². The summed E-state index contributed by atoms with van der Waals surface area (Å²) in [6.45, 7) is 1.66. The first kappa shape index (κ1) is 21.7. The van der Waals surface area contributed by atoms with E-state index in [-0.39, 0.29) is 25.6 Å². The number of hydrogen-bond donors (Lipinski definition) is 1. The van der Waals surface area contributed by atoms with E-state index in [1.54, 1.807) is 36.4 Å². The monoisotopic (exact) mass is 436 g/mol. The average Bonchev–Trinajstić information content (AvgIpc) is 3.05. The van der Waals surface area contributed by atoms with Crippen molar-refractivity contribution in [2.24, 2.45) is 0 Å². The van der Waals surface area contributed by atoms with E-state index in [1.807, 2.05) is 0 Å². The summed E-state index contributed by atoms with van der Waals surface area (Å²) in [6.07, 6.45) is -0.144. The molecule has 2 aromatic rings. The Morgan fingerprint density at radius 1 is 1.27 bits per heavy atom. The highest BCUT2D eigenvalue weighted by Crippen LogP contribution is 2.29. The highest BCUT2D eigenvalue weighted by Gasteiger charge is 2.32. The van der Waals surface area contributed by atoms with Gasteiger partial charge < -0.3 is 10.1 Å². The van der Waals surface area contributed by atoms with E-state index in [2.05, 4.69) is 5.32 Å². The van der Waals surface area contributed by atoms with Crippen LogP contribution in [0.4, 0.5) is 14.9 Å². The fraction of sp³-hybridized carbons (Fsp3) is 0.300. The maximum absolute atomic E-state index is 14.7. The molecule has 0 bridgehead atoms. The molecule has 0 saturated carbocycles. The summed E-state index contributed by atoms with van der Waals surface area (Å²) in [6, 6.07) is 11.0. The second-order valence-corrected chi connectivity index (χ2v) is 8.52. The zero-order valence-electron chi connectivity index (χ0n) is 16.4. The molecule has 8 nitrogen and oxygen atoms in total. The number of nitrogens with one attached hydrogen (secondary N) is 1. The van der Waals surface area contributed by atoms with Gasteiger partial charge in [-0.05, 0) is 29.3 Å². The average molecular weight is 436 g/mol. The molecule has 0 aromatic heterocycles. The van der Waals surface area contributed by atoms with E-state index in [1.165, 1.54) is 17.9 Å². The predicted octanol–water partition coefficient (Wildman–Crippen LogP) is 2.43. The number of benzene rings is 2. The van der Waals surface area contributed by atoms with Gasteiger partial charge >= 0.3 is 6.09 Å². The number of nitrogens with zero attached hydrogens (tertiary/aromatic N) is 1. The molecule has 1 fully saturated rings. The summed E-state index contributed by atoms with van der Waals surface area (Å²) >= 11 is 0. The largest absolute Gasteiger partial charge is 0.442 e. The normalized spacial score (nSPS) is 16.4. The van der Waals surface area contributed by atoms with Crippen molar-refractivity contribution in [1.29, 1.82) is 0 Å². The minimum absolute atomic E-state index is 0.0999. The van der Waals surface area contributed by atoms with E-state index < -0.39 is 28.1 Å². The topological polar surface area (TPSA) is 102 Å². The summed E-state index contributed by atoms with van der Waals surface area (Å²) < 4.78 is 46.8. The quantitative estimate of drug-likeness (QED) is 0.669. The second kappa shape index (κ2) is 8.80. The molecule has 2 aromatic carbocycles. The molecule has 0 aliphatic carbocycles. The third-order valence-corrected chi connectivity index (χ3v) is 4.97. The number of anilines is 1. The Balaban J connectivity index is 1.71. The summed E-state index contributed by atoms with van der Waals surface area (Å²) in [7, 11) is -3.54. The van der Waals surface area contributed by atoms with Crippen molar-refractivity contribution >= 4 is 27.8 Å². The molecule has 1 aliphatic rings. The summed E-state index contributed by atoms with van der Waals surface area (Å²) in [5.74, 6) is -0.750. The fourth-order valence-electron chi connectivity index (χ4n) is 2.96. The smallest absolute Gasteiger partial charge is 0.414 e. The maximum Gasteiger partial charge on any atom is 0.414 e. The Hall–Kier alpha value is -2.98. The van der Waals surface area contributed by atoms with Crippen molar-refractivity contribution in [2.75, 3.05) is 24.2 Å². The molecule has 1 saturated heterocycles. The van der Waals surface area contributed by atoms with Crippen molar-refractivity contribution in [3.8, 4) is 11.1 Å². The van der Waals surface area contributed by atoms with Gasteiger partial charge in [0.1, 0.15) is 11.9 Å². The van der Waals surface area contributed by atoms with Crippen LogP contribution < -0.4 is 10.2 Å². The van der Waals surface area contributed by atoms with Gasteiger partial charge in [0.15, 0.2) is 0 Å². The Morgan fingerprint density at radius 3 is 2.57 bits per heavy atom. The van der Waals surface area contributed by atoms with Crippen molar-refractivity contribution in [3.63, 3.8) is 0 Å². The van der Waals surface area contributed by atoms with Gasteiger partial charge in [-0.2, -0.15) is 8.42 Å². The highest BCUT2D eigenvalue weighted by molar-refractivity contribution is 7.85. The number of amides is 2. The molecule has 1 N–H and O–H groups in total. The van der Waals surface area contributed by atoms with E-state index in [0.29, 0.717) is 22.4 Å². The molecule has 10 heteroatoms. The standard InChI is InChI=1S/C20H21FN2O6S/c1-13(24)22-10-17-11-23(20(25)29-17)16-7-8-18(19(21)9-16)15-5-3-14(4-6-15)12-28-30(2,26)27/h3-9,17H,10-12H2,1-2H3,(H,22,24)/t17-/m0/s1. The number of hydrogen-bond acceptors (Lipinski definition) is 6. The number of carbonyl (C=O) groups is 2. The first-order valence-electron chi connectivity index (χ1n) is 9.08. The minimum atomic E-state index is -3.54. The summed E-state index contributed by atoms with van der Waals surface area (Å²) in [4.78, 5) is 24.4. The predicted molar refractivity (Wildman–Crippen MR) is 108 cm³/mol. The second-order valence-electron chi connectivity index (χ2n) is 6.88. The Labute approximate surface area is 173 Å². The molecule has 1 aliphatic heterocycles. The van der Waals surface area contributed by atoms with E-state index in [0.717, 1.165) is 6.26 Å². The highest BCUT2D eigenvalue weighted by atomic mass is 32.2. The molecule has 0 spiro atoms. The zero-order chi connectivity index (χ0) is 21.9. The van der Waals surface area contributed by atoms with Crippen LogP contribution in [0.1, 0.15) is 12.5 Å². The number of rotatable bonds is 7. The molecule has 1 heterocycles. The van der Waals surface area contributed by atoms with E-state index in [4.69, 9.17) is 8.92 Å². The van der Waals surface area contributed by atoms with E-state index >= 15 is 0 Å². The Morgan fingerprint density at radius 2 is 1.97 bits per heavy atom. The SMILES string of the molecule is CC(=O)NC[C@H]1CN(c2ccc(-c3ccc(COS(C)(=O)=O)cc3)c(F)c2)C(=O)O1. The number of halogens is 1. The van der Waals surface area contributed by atoms with Gasteiger partial charge in [0, 0.05) is 12.5 Å². The number of cyclic esters (lactones) is 1. The van der Waals surface area contributed by atoms with Crippen molar-refractivity contribution in [2.45, 2.75) is 19.6 Å². The first-order valence-corrected chi connectivity index (χ1v) is 10.9. The summed E-state index contributed by atoms with van der Waals surface area (Å²) in [5.41, 5.74) is 1.90. The van der Waals surface area contributed by atoms with Gasteiger partial charge in [-0.15, -0.1) is 0 Å². The molecule has 2 amide bonds. The lowest BCUT2D eigenvalue weighted by Gasteiger charge is -2.14. The molecular formula is C20H21FN2O6S. The molecule has 1 atom stereocenters. The van der Waals surface area contributed by atoms with Crippen molar-refractivity contribution in [1.82, 2.24) is 5.32 Å². The minimum Gasteiger partial charge on any atom is -0.442 e. The van der Waals surface area contributed by atoms with Crippen LogP contribution in [0, 0.1) is 5.82 Å². The van der Waals surface area contributed by atoms with Crippen molar-refractivity contribution in [3.05, 3.63) is 53.8 Å².